The van der Waals surface area contributed by atoms with Crippen LogP contribution in [0.1, 0.15) is 57.8 Å². The first kappa shape index (κ1) is 36.2. The number of nitrogens with one attached hydrogen (secondary N) is 2. The molecular weight excluding hydrogens is 667 g/mol. The molecule has 6 rings (SSSR count). The highest BCUT2D eigenvalue weighted by Crippen LogP contribution is 2.34. The van der Waals surface area contributed by atoms with Gasteiger partial charge in [-0.1, -0.05) is 36.0 Å². The zero-order chi connectivity index (χ0) is 34.6. The number of rotatable bonds is 11. The molecule has 2 aromatic carbocycles. The Labute approximate surface area is 296 Å². The van der Waals surface area contributed by atoms with Gasteiger partial charge in [0.1, 0.15) is 11.5 Å². The zero-order valence-corrected chi connectivity index (χ0v) is 28.8. The van der Waals surface area contributed by atoms with Crippen molar-refractivity contribution in [3.8, 4) is 23.0 Å². The molecule has 14 heteroatoms. The maximum atomic E-state index is 9.59. The lowest BCUT2D eigenvalue weighted by Gasteiger charge is -2.32. The topological polar surface area (TPSA) is 187 Å². The van der Waals surface area contributed by atoms with Crippen LogP contribution in [0.4, 0.5) is 23.5 Å². The lowest BCUT2D eigenvalue weighted by Crippen LogP contribution is -2.33. The molecule has 12 nitrogen and oxygen atoms in total. The molecule has 2 fully saturated rings. The van der Waals surface area contributed by atoms with Gasteiger partial charge in [0.25, 0.3) is 0 Å². The van der Waals surface area contributed by atoms with Crippen molar-refractivity contribution in [1.29, 1.82) is 0 Å². The van der Waals surface area contributed by atoms with E-state index in [4.69, 9.17) is 44.1 Å². The summed E-state index contributed by atoms with van der Waals surface area (Å²) < 4.78 is 11.7. The minimum Gasteiger partial charge on any atom is -0.452 e. The molecule has 2 aliphatic carbocycles. The van der Waals surface area contributed by atoms with E-state index in [-0.39, 0.29) is 30.6 Å². The van der Waals surface area contributed by atoms with Gasteiger partial charge in [-0.15, -0.1) is 0 Å². The Hall–Kier alpha value is -4.10. The van der Waals surface area contributed by atoms with Crippen LogP contribution in [-0.2, 0) is 0 Å². The van der Waals surface area contributed by atoms with E-state index in [1.54, 1.807) is 60.9 Å². The molecule has 262 valence electrons. The SMILES string of the molecule is Nc1ncc(Oc2ccc(Cl)cc2)c(NC2CCCCC2CCO)n1.Nc1ncc(Oc2ccc(Cl)cc2)c(NCC2CCC(O)CC2)n1. The number of aliphatic hydroxyl groups is 2. The summed E-state index contributed by atoms with van der Waals surface area (Å²) in [4.78, 5) is 16.6. The third-order valence-electron chi connectivity index (χ3n) is 8.74. The molecule has 0 spiro atoms. The van der Waals surface area contributed by atoms with Gasteiger partial charge in [-0.2, -0.15) is 9.97 Å². The first-order chi connectivity index (χ1) is 23.7. The van der Waals surface area contributed by atoms with Gasteiger partial charge in [0.15, 0.2) is 23.1 Å². The van der Waals surface area contributed by atoms with Crippen LogP contribution >= 0.6 is 23.2 Å². The minimum atomic E-state index is -0.153. The third kappa shape index (κ3) is 11.2. The highest BCUT2D eigenvalue weighted by Gasteiger charge is 2.26. The molecule has 2 aliphatic rings. The van der Waals surface area contributed by atoms with Crippen molar-refractivity contribution in [1.82, 2.24) is 19.9 Å². The maximum absolute atomic E-state index is 9.59. The van der Waals surface area contributed by atoms with Gasteiger partial charge in [0, 0.05) is 29.2 Å². The normalized spacial score (nSPS) is 20.4. The third-order valence-corrected chi connectivity index (χ3v) is 9.24. The van der Waals surface area contributed by atoms with E-state index in [9.17, 15) is 10.2 Å². The predicted molar refractivity (Wildman–Crippen MR) is 193 cm³/mol. The highest BCUT2D eigenvalue weighted by molar-refractivity contribution is 6.30. The number of halogens is 2. The van der Waals surface area contributed by atoms with Gasteiger partial charge in [0.2, 0.25) is 11.9 Å². The van der Waals surface area contributed by atoms with E-state index in [0.29, 0.717) is 56.5 Å². The number of ether oxygens (including phenoxy) is 2. The number of benzene rings is 2. The molecule has 0 amide bonds. The summed E-state index contributed by atoms with van der Waals surface area (Å²) in [5.74, 6) is 4.80. The molecule has 2 saturated carbocycles. The molecule has 2 heterocycles. The van der Waals surface area contributed by atoms with Crippen LogP contribution in [0.15, 0.2) is 60.9 Å². The van der Waals surface area contributed by atoms with E-state index < -0.39 is 0 Å². The number of hydrogen-bond donors (Lipinski definition) is 6. The summed E-state index contributed by atoms with van der Waals surface area (Å²) in [6.45, 7) is 0.961. The van der Waals surface area contributed by atoms with E-state index in [0.717, 1.165) is 57.9 Å². The van der Waals surface area contributed by atoms with Crippen molar-refractivity contribution in [2.24, 2.45) is 11.8 Å². The van der Waals surface area contributed by atoms with Crippen LogP contribution in [0.3, 0.4) is 0 Å². The number of nitrogen functional groups attached to an aromatic ring is 2. The summed E-state index contributed by atoms with van der Waals surface area (Å²) in [7, 11) is 0. The molecule has 49 heavy (non-hydrogen) atoms. The highest BCUT2D eigenvalue weighted by atomic mass is 35.5. The number of hydrogen-bond acceptors (Lipinski definition) is 12. The zero-order valence-electron chi connectivity index (χ0n) is 27.3. The average molecular weight is 712 g/mol. The Morgan fingerprint density at radius 2 is 1.27 bits per heavy atom. The van der Waals surface area contributed by atoms with Crippen molar-refractivity contribution >= 4 is 46.7 Å². The smallest absolute Gasteiger partial charge is 0.222 e. The van der Waals surface area contributed by atoms with Crippen LogP contribution in [-0.4, -0.2) is 55.4 Å². The molecule has 4 aromatic rings. The molecular formula is C35H44Cl2N8O4. The second-order valence-electron chi connectivity index (χ2n) is 12.4. The van der Waals surface area contributed by atoms with Crippen LogP contribution in [0.2, 0.25) is 10.0 Å². The van der Waals surface area contributed by atoms with Gasteiger partial charge < -0.3 is 41.8 Å². The summed E-state index contributed by atoms with van der Waals surface area (Å²) in [6, 6.07) is 14.4. The van der Waals surface area contributed by atoms with E-state index >= 15 is 0 Å². The number of nitrogens with zero attached hydrogens (tertiary/aromatic N) is 4. The van der Waals surface area contributed by atoms with Crippen LogP contribution < -0.4 is 31.6 Å². The van der Waals surface area contributed by atoms with Gasteiger partial charge in [-0.3, -0.25) is 0 Å². The fourth-order valence-electron chi connectivity index (χ4n) is 6.08. The van der Waals surface area contributed by atoms with Crippen molar-refractivity contribution in [3.05, 3.63) is 71.0 Å². The largest absolute Gasteiger partial charge is 0.452 e. The summed E-state index contributed by atoms with van der Waals surface area (Å²) in [5, 5.41) is 27.0. The predicted octanol–water partition coefficient (Wildman–Crippen LogP) is 7.33. The lowest BCUT2D eigenvalue weighted by atomic mass is 9.82. The van der Waals surface area contributed by atoms with Crippen LogP contribution in [0, 0.1) is 11.8 Å². The van der Waals surface area contributed by atoms with Crippen molar-refractivity contribution in [3.63, 3.8) is 0 Å². The second-order valence-corrected chi connectivity index (χ2v) is 13.2. The first-order valence-electron chi connectivity index (χ1n) is 16.7. The molecule has 0 aliphatic heterocycles. The van der Waals surface area contributed by atoms with E-state index in [2.05, 4.69) is 30.6 Å². The van der Waals surface area contributed by atoms with E-state index in [1.165, 1.54) is 6.42 Å². The van der Waals surface area contributed by atoms with Crippen molar-refractivity contribution in [2.45, 2.75) is 69.9 Å². The fourth-order valence-corrected chi connectivity index (χ4v) is 6.33. The Balaban J connectivity index is 0.000000191. The molecule has 0 saturated heterocycles. The van der Waals surface area contributed by atoms with Crippen LogP contribution in [0.5, 0.6) is 23.0 Å². The summed E-state index contributed by atoms with van der Waals surface area (Å²) >= 11 is 11.8. The number of aliphatic hydroxyl groups excluding tert-OH is 2. The number of aromatic nitrogens is 4. The first-order valence-corrected chi connectivity index (χ1v) is 17.4. The maximum Gasteiger partial charge on any atom is 0.222 e. The summed E-state index contributed by atoms with van der Waals surface area (Å²) in [6.07, 6.45) is 12.0. The lowest BCUT2D eigenvalue weighted by molar-refractivity contribution is 0.111. The quantitative estimate of drug-likeness (QED) is 0.0911. The molecule has 0 radical (unpaired) electrons. The standard InChI is InChI=1S/C18H23ClN4O2.C17H21ClN4O2/c19-13-5-7-14(8-6-13)25-16-11-21-18(20)23-17(16)22-15-4-2-1-3-12(15)9-10-24;18-12-3-7-14(8-4-12)24-15-10-21-17(19)22-16(15)20-9-11-1-5-13(23)6-2-11/h5-8,11-12,15,24H,1-4,9-10H2,(H3,20,21,22,23);3-4,7-8,10-11,13,23H,1-2,5-6,9H2,(H3,19,20,21,22). The van der Waals surface area contributed by atoms with Gasteiger partial charge >= 0.3 is 0 Å². The van der Waals surface area contributed by atoms with Crippen LogP contribution in [0.25, 0.3) is 0 Å². The molecule has 2 unspecified atom stereocenters. The van der Waals surface area contributed by atoms with Crippen molar-refractivity contribution < 1.29 is 19.7 Å². The van der Waals surface area contributed by atoms with Crippen molar-refractivity contribution in [2.75, 3.05) is 35.3 Å². The number of anilines is 4. The van der Waals surface area contributed by atoms with Gasteiger partial charge in [-0.05, 0) is 105 Å². The van der Waals surface area contributed by atoms with Gasteiger partial charge in [0.05, 0.1) is 18.5 Å². The average Bonchev–Trinajstić information content (AvgIpc) is 3.10. The second kappa shape index (κ2) is 18.1. The Bertz CT molecular complexity index is 1610. The molecule has 2 aromatic heterocycles. The van der Waals surface area contributed by atoms with E-state index in [1.807, 2.05) is 0 Å². The number of nitrogens with two attached hydrogens (primary N) is 2. The molecule has 0 bridgehead atoms. The summed E-state index contributed by atoms with van der Waals surface area (Å²) in [5.41, 5.74) is 11.5. The Kier molecular flexibility index (Phi) is 13.3. The fraction of sp³-hybridized carbons (Fsp3) is 0.429. The molecule has 2 atom stereocenters. The molecule has 8 N–H and O–H groups in total. The Morgan fingerprint density at radius 1 is 0.735 bits per heavy atom. The minimum absolute atomic E-state index is 0.153. The monoisotopic (exact) mass is 710 g/mol. The Morgan fingerprint density at radius 3 is 1.84 bits per heavy atom. The van der Waals surface area contributed by atoms with Gasteiger partial charge in [-0.25, -0.2) is 9.97 Å².